The van der Waals surface area contributed by atoms with E-state index in [1.54, 1.807) is 35.1 Å². The van der Waals surface area contributed by atoms with Crippen molar-refractivity contribution >= 4 is 17.8 Å². The number of hydrogen-bond donors (Lipinski definition) is 1. The number of nitrogens with one attached hydrogen (secondary N) is 1. The molecule has 0 saturated heterocycles. The molecule has 1 heterocycles. The molecular weight excluding hydrogens is 346 g/mol. The van der Waals surface area contributed by atoms with Crippen LogP contribution in [-0.4, -0.2) is 34.2 Å². The second-order valence-corrected chi connectivity index (χ2v) is 6.75. The summed E-state index contributed by atoms with van der Waals surface area (Å²) in [6.45, 7) is 1.46. The average molecular weight is 369 g/mol. The van der Waals surface area contributed by atoms with Crippen LogP contribution in [0.5, 0.6) is 0 Å². The number of aryl methyl sites for hydroxylation is 1. The molecule has 7 heteroatoms. The number of carbonyl (C=O) groups is 3. The lowest BCUT2D eigenvalue weighted by Crippen LogP contribution is -2.38. The lowest BCUT2D eigenvalue weighted by atomic mass is 9.89. The van der Waals surface area contributed by atoms with Crippen LogP contribution in [0.15, 0.2) is 36.5 Å². The van der Waals surface area contributed by atoms with Gasteiger partial charge in [0.1, 0.15) is 0 Å². The summed E-state index contributed by atoms with van der Waals surface area (Å²) in [7, 11) is 0. The van der Waals surface area contributed by atoms with Crippen molar-refractivity contribution in [3.8, 4) is 5.69 Å². The normalized spacial score (nSPS) is 14.6. The molecule has 1 saturated carbocycles. The second kappa shape index (κ2) is 8.62. The summed E-state index contributed by atoms with van der Waals surface area (Å²) in [4.78, 5) is 36.0. The Morgan fingerprint density at radius 2 is 1.81 bits per heavy atom. The van der Waals surface area contributed by atoms with Crippen LogP contribution < -0.4 is 5.32 Å². The molecule has 0 aliphatic heterocycles. The third kappa shape index (κ3) is 4.81. The van der Waals surface area contributed by atoms with Crippen molar-refractivity contribution in [2.75, 3.05) is 6.61 Å². The van der Waals surface area contributed by atoms with Gasteiger partial charge in [-0.15, -0.1) is 0 Å². The number of benzene rings is 1. The van der Waals surface area contributed by atoms with E-state index in [2.05, 4.69) is 10.4 Å². The van der Waals surface area contributed by atoms with Crippen LogP contribution in [0.25, 0.3) is 5.69 Å². The summed E-state index contributed by atoms with van der Waals surface area (Å²) in [5.74, 6) is -1.59. The monoisotopic (exact) mass is 369 g/mol. The lowest BCUT2D eigenvalue weighted by Gasteiger charge is -2.20. The summed E-state index contributed by atoms with van der Waals surface area (Å²) in [6.07, 6.45) is 6.46. The Labute approximate surface area is 157 Å². The largest absolute Gasteiger partial charge is 0.452 e. The minimum atomic E-state index is -0.612. The van der Waals surface area contributed by atoms with Gasteiger partial charge in [0.15, 0.2) is 6.61 Å². The number of imide groups is 1. The zero-order valence-corrected chi connectivity index (χ0v) is 15.3. The van der Waals surface area contributed by atoms with E-state index in [0.717, 1.165) is 43.5 Å². The summed E-state index contributed by atoms with van der Waals surface area (Å²) < 4.78 is 6.76. The molecule has 2 amide bonds. The fourth-order valence-corrected chi connectivity index (χ4v) is 3.23. The summed E-state index contributed by atoms with van der Waals surface area (Å²) in [5, 5.41) is 6.53. The van der Waals surface area contributed by atoms with Gasteiger partial charge in [-0.2, -0.15) is 5.10 Å². The van der Waals surface area contributed by atoms with E-state index in [1.807, 2.05) is 13.0 Å². The van der Waals surface area contributed by atoms with Crippen molar-refractivity contribution in [2.24, 2.45) is 5.92 Å². The maximum Gasteiger partial charge on any atom is 0.338 e. The van der Waals surface area contributed by atoms with Crippen molar-refractivity contribution in [1.82, 2.24) is 15.1 Å². The Hall–Kier alpha value is -2.96. The maximum atomic E-state index is 12.1. The highest BCUT2D eigenvalue weighted by Gasteiger charge is 2.23. The molecule has 27 heavy (non-hydrogen) atoms. The van der Waals surface area contributed by atoms with Crippen molar-refractivity contribution in [3.63, 3.8) is 0 Å². The van der Waals surface area contributed by atoms with Crippen LogP contribution in [-0.2, 0) is 14.3 Å². The van der Waals surface area contributed by atoms with Crippen molar-refractivity contribution in [3.05, 3.63) is 47.8 Å². The number of esters is 1. The van der Waals surface area contributed by atoms with Crippen LogP contribution in [0.1, 0.15) is 48.2 Å². The topological polar surface area (TPSA) is 90.3 Å². The number of amides is 2. The standard InChI is InChI=1S/C20H23N3O4/c1-14-11-12-21-23(14)17-9-7-16(8-10-17)20(26)27-13-18(24)22-19(25)15-5-3-2-4-6-15/h7-12,15H,2-6,13H2,1H3,(H,22,24,25). The predicted octanol–water partition coefficient (Wildman–Crippen LogP) is 2.56. The smallest absolute Gasteiger partial charge is 0.338 e. The zero-order chi connectivity index (χ0) is 19.2. The van der Waals surface area contributed by atoms with Gasteiger partial charge in [0.25, 0.3) is 5.91 Å². The van der Waals surface area contributed by atoms with Gasteiger partial charge >= 0.3 is 5.97 Å². The summed E-state index contributed by atoms with van der Waals surface area (Å²) in [5.41, 5.74) is 2.13. The van der Waals surface area contributed by atoms with Crippen LogP contribution in [0, 0.1) is 12.8 Å². The van der Waals surface area contributed by atoms with E-state index in [-0.39, 0.29) is 11.8 Å². The number of aromatic nitrogens is 2. The Morgan fingerprint density at radius 3 is 2.44 bits per heavy atom. The van der Waals surface area contributed by atoms with E-state index in [1.165, 1.54) is 0 Å². The number of ether oxygens (including phenoxy) is 1. The van der Waals surface area contributed by atoms with Gasteiger partial charge in [-0.3, -0.25) is 14.9 Å². The molecule has 2 aromatic rings. The van der Waals surface area contributed by atoms with E-state index >= 15 is 0 Å². The highest BCUT2D eigenvalue weighted by atomic mass is 16.5. The van der Waals surface area contributed by atoms with Crippen molar-refractivity contribution in [1.29, 1.82) is 0 Å². The molecule has 1 aliphatic rings. The highest BCUT2D eigenvalue weighted by Crippen LogP contribution is 2.23. The Bertz CT molecular complexity index is 820. The van der Waals surface area contributed by atoms with Crippen LogP contribution in [0.3, 0.4) is 0 Å². The predicted molar refractivity (Wildman–Crippen MR) is 98.3 cm³/mol. The zero-order valence-electron chi connectivity index (χ0n) is 15.3. The molecule has 7 nitrogen and oxygen atoms in total. The molecule has 0 atom stereocenters. The summed E-state index contributed by atoms with van der Waals surface area (Å²) in [6, 6.07) is 8.62. The lowest BCUT2D eigenvalue weighted by molar-refractivity contribution is -0.135. The fraction of sp³-hybridized carbons (Fsp3) is 0.400. The minimum Gasteiger partial charge on any atom is -0.452 e. The molecule has 3 rings (SSSR count). The molecular formula is C20H23N3O4. The molecule has 1 aromatic heterocycles. The fourth-order valence-electron chi connectivity index (χ4n) is 3.23. The van der Waals surface area contributed by atoms with Gasteiger partial charge in [0.05, 0.1) is 11.3 Å². The van der Waals surface area contributed by atoms with Crippen LogP contribution >= 0.6 is 0 Å². The van der Waals surface area contributed by atoms with E-state index in [9.17, 15) is 14.4 Å². The minimum absolute atomic E-state index is 0.114. The molecule has 0 spiro atoms. The van der Waals surface area contributed by atoms with Gasteiger partial charge in [-0.1, -0.05) is 19.3 Å². The Kier molecular flexibility index (Phi) is 6.01. The first-order chi connectivity index (χ1) is 13.0. The molecule has 0 radical (unpaired) electrons. The van der Waals surface area contributed by atoms with Gasteiger partial charge in [0.2, 0.25) is 5.91 Å². The van der Waals surface area contributed by atoms with Gasteiger partial charge in [-0.05, 0) is 50.1 Å². The van der Waals surface area contributed by atoms with Crippen LogP contribution in [0.4, 0.5) is 0 Å². The van der Waals surface area contributed by atoms with Crippen LogP contribution in [0.2, 0.25) is 0 Å². The van der Waals surface area contributed by atoms with E-state index < -0.39 is 18.5 Å². The number of hydrogen-bond acceptors (Lipinski definition) is 5. The molecule has 1 aromatic carbocycles. The van der Waals surface area contributed by atoms with E-state index in [0.29, 0.717) is 5.56 Å². The molecule has 142 valence electrons. The third-order valence-electron chi connectivity index (χ3n) is 4.75. The first-order valence-electron chi connectivity index (χ1n) is 9.16. The number of nitrogens with zero attached hydrogens (tertiary/aromatic N) is 2. The van der Waals surface area contributed by atoms with Gasteiger partial charge in [0, 0.05) is 17.8 Å². The van der Waals surface area contributed by atoms with Gasteiger partial charge in [-0.25, -0.2) is 9.48 Å². The van der Waals surface area contributed by atoms with Gasteiger partial charge < -0.3 is 4.74 Å². The molecule has 0 bridgehead atoms. The quantitative estimate of drug-likeness (QED) is 0.818. The number of rotatable bonds is 5. The third-order valence-corrected chi connectivity index (χ3v) is 4.75. The second-order valence-electron chi connectivity index (χ2n) is 6.75. The molecule has 0 unspecified atom stereocenters. The van der Waals surface area contributed by atoms with E-state index in [4.69, 9.17) is 4.74 Å². The van der Waals surface area contributed by atoms with Crippen molar-refractivity contribution in [2.45, 2.75) is 39.0 Å². The average Bonchev–Trinajstić information content (AvgIpc) is 3.13. The number of carbonyl (C=O) groups excluding carboxylic acids is 3. The summed E-state index contributed by atoms with van der Waals surface area (Å²) >= 11 is 0. The Balaban J connectivity index is 1.49. The first-order valence-corrected chi connectivity index (χ1v) is 9.16. The maximum absolute atomic E-state index is 12.1. The molecule has 1 N–H and O–H groups in total. The molecule has 1 aliphatic carbocycles. The van der Waals surface area contributed by atoms with Crippen molar-refractivity contribution < 1.29 is 19.1 Å². The molecule has 1 fully saturated rings. The highest BCUT2D eigenvalue weighted by molar-refractivity contribution is 5.98. The SMILES string of the molecule is Cc1ccnn1-c1ccc(C(=O)OCC(=O)NC(=O)C2CCCCC2)cc1. The Morgan fingerprint density at radius 1 is 1.11 bits per heavy atom. The first kappa shape index (κ1) is 18.8.